The number of carbonyl (C=O) groups excluding carboxylic acids is 1. The quantitative estimate of drug-likeness (QED) is 0.842. The number of nitrogens with zero attached hydrogens (tertiary/aromatic N) is 1. The van der Waals surface area contributed by atoms with Gasteiger partial charge >= 0.3 is 0 Å². The van der Waals surface area contributed by atoms with Crippen molar-refractivity contribution in [3.63, 3.8) is 0 Å². The summed E-state index contributed by atoms with van der Waals surface area (Å²) in [5, 5.41) is 0.717. The first-order valence-electron chi connectivity index (χ1n) is 6.91. The predicted molar refractivity (Wildman–Crippen MR) is 86.0 cm³/mol. The minimum absolute atomic E-state index is 0.0801. The molecule has 20 heavy (non-hydrogen) atoms. The number of benzene rings is 1. The SMILES string of the molecule is CSCC[C@H](N)C(=O)N(Cc1ccc(Cl)cc1)C1CC1. The summed E-state index contributed by atoms with van der Waals surface area (Å²) in [5.74, 6) is 1.00. The molecule has 1 aromatic carbocycles. The van der Waals surface area contributed by atoms with E-state index in [1.54, 1.807) is 11.8 Å². The van der Waals surface area contributed by atoms with Gasteiger partial charge in [-0.3, -0.25) is 4.79 Å². The Bertz CT molecular complexity index is 448. The third-order valence-corrected chi connectivity index (χ3v) is 4.38. The largest absolute Gasteiger partial charge is 0.334 e. The van der Waals surface area contributed by atoms with Gasteiger partial charge < -0.3 is 10.6 Å². The van der Waals surface area contributed by atoms with Crippen molar-refractivity contribution >= 4 is 29.3 Å². The maximum atomic E-state index is 12.5. The van der Waals surface area contributed by atoms with E-state index in [2.05, 4.69) is 0 Å². The minimum Gasteiger partial charge on any atom is -0.334 e. The van der Waals surface area contributed by atoms with Crippen molar-refractivity contribution in [2.45, 2.75) is 37.9 Å². The van der Waals surface area contributed by atoms with Crippen LogP contribution in [0.1, 0.15) is 24.8 Å². The highest BCUT2D eigenvalue weighted by Crippen LogP contribution is 2.29. The average Bonchev–Trinajstić information content (AvgIpc) is 3.28. The van der Waals surface area contributed by atoms with Crippen molar-refractivity contribution < 1.29 is 4.79 Å². The molecule has 0 unspecified atom stereocenters. The summed E-state index contributed by atoms with van der Waals surface area (Å²) >= 11 is 7.61. The van der Waals surface area contributed by atoms with Gasteiger partial charge in [-0.25, -0.2) is 0 Å². The second kappa shape index (κ2) is 7.34. The summed E-state index contributed by atoms with van der Waals surface area (Å²) in [6, 6.07) is 7.66. The lowest BCUT2D eigenvalue weighted by Gasteiger charge is -2.25. The van der Waals surface area contributed by atoms with E-state index in [9.17, 15) is 4.79 Å². The van der Waals surface area contributed by atoms with Crippen LogP contribution < -0.4 is 5.73 Å². The van der Waals surface area contributed by atoms with Crippen LogP contribution in [0, 0.1) is 0 Å². The Kier molecular flexibility index (Phi) is 5.75. The molecule has 0 spiro atoms. The van der Waals surface area contributed by atoms with E-state index in [1.807, 2.05) is 35.4 Å². The minimum atomic E-state index is -0.379. The van der Waals surface area contributed by atoms with Crippen LogP contribution in [0.5, 0.6) is 0 Å². The van der Waals surface area contributed by atoms with Crippen LogP contribution >= 0.6 is 23.4 Å². The molecule has 0 heterocycles. The van der Waals surface area contributed by atoms with E-state index in [0.29, 0.717) is 12.6 Å². The molecule has 1 aliphatic rings. The molecule has 2 N–H and O–H groups in total. The normalized spacial score (nSPS) is 15.9. The number of rotatable bonds is 7. The summed E-state index contributed by atoms with van der Waals surface area (Å²) in [4.78, 5) is 14.4. The lowest BCUT2D eigenvalue weighted by molar-refractivity contribution is -0.133. The maximum Gasteiger partial charge on any atom is 0.240 e. The highest BCUT2D eigenvalue weighted by Gasteiger charge is 2.34. The summed E-state index contributed by atoms with van der Waals surface area (Å²) in [6.07, 6.45) is 4.95. The van der Waals surface area contributed by atoms with Gasteiger partial charge in [-0.2, -0.15) is 11.8 Å². The van der Waals surface area contributed by atoms with Crippen LogP contribution in [0.25, 0.3) is 0 Å². The third-order valence-electron chi connectivity index (χ3n) is 3.49. The maximum absolute atomic E-state index is 12.5. The van der Waals surface area contributed by atoms with Gasteiger partial charge in [-0.1, -0.05) is 23.7 Å². The Morgan fingerprint density at radius 3 is 2.65 bits per heavy atom. The molecule has 0 aliphatic heterocycles. The van der Waals surface area contributed by atoms with Crippen molar-refractivity contribution in [2.24, 2.45) is 5.73 Å². The molecule has 2 rings (SSSR count). The van der Waals surface area contributed by atoms with Crippen LogP contribution in [0.3, 0.4) is 0 Å². The lowest BCUT2D eigenvalue weighted by atomic mass is 10.1. The Balaban J connectivity index is 1.99. The van der Waals surface area contributed by atoms with Gasteiger partial charge in [0.2, 0.25) is 5.91 Å². The smallest absolute Gasteiger partial charge is 0.240 e. The second-order valence-electron chi connectivity index (χ2n) is 5.21. The monoisotopic (exact) mass is 312 g/mol. The zero-order valence-corrected chi connectivity index (χ0v) is 13.3. The van der Waals surface area contributed by atoms with E-state index < -0.39 is 0 Å². The molecule has 1 aliphatic carbocycles. The fourth-order valence-electron chi connectivity index (χ4n) is 2.14. The molecule has 5 heteroatoms. The molecule has 1 amide bonds. The molecule has 1 saturated carbocycles. The lowest BCUT2D eigenvalue weighted by Crippen LogP contribution is -2.44. The Morgan fingerprint density at radius 2 is 2.10 bits per heavy atom. The summed E-state index contributed by atoms with van der Waals surface area (Å²) in [6.45, 7) is 0.633. The van der Waals surface area contributed by atoms with Gasteiger partial charge in [0, 0.05) is 17.6 Å². The molecule has 0 bridgehead atoms. The molecular weight excluding hydrogens is 292 g/mol. The third kappa shape index (κ3) is 4.40. The molecule has 1 fully saturated rings. The van der Waals surface area contributed by atoms with E-state index in [4.69, 9.17) is 17.3 Å². The van der Waals surface area contributed by atoms with Crippen LogP contribution in [0.4, 0.5) is 0 Å². The molecule has 110 valence electrons. The Labute approximate surface area is 129 Å². The standard InChI is InChI=1S/C15H21ClN2OS/c1-20-9-8-14(17)15(19)18(13-6-7-13)10-11-2-4-12(16)5-3-11/h2-5,13-14H,6-10,17H2,1H3/t14-/m0/s1. The van der Waals surface area contributed by atoms with E-state index in [0.717, 1.165) is 35.6 Å². The first-order chi connectivity index (χ1) is 9.61. The Hall–Kier alpha value is -0.710. The number of halogens is 1. The van der Waals surface area contributed by atoms with Crippen molar-refractivity contribution in [3.05, 3.63) is 34.9 Å². The number of hydrogen-bond acceptors (Lipinski definition) is 3. The van der Waals surface area contributed by atoms with Crippen LogP contribution in [0.2, 0.25) is 5.02 Å². The average molecular weight is 313 g/mol. The van der Waals surface area contributed by atoms with Crippen molar-refractivity contribution in [3.8, 4) is 0 Å². The number of nitrogens with two attached hydrogens (primary N) is 1. The van der Waals surface area contributed by atoms with Gasteiger partial charge in [-0.15, -0.1) is 0 Å². The summed E-state index contributed by atoms with van der Waals surface area (Å²) in [7, 11) is 0. The topological polar surface area (TPSA) is 46.3 Å². The molecule has 0 radical (unpaired) electrons. The number of hydrogen-bond donors (Lipinski definition) is 1. The van der Waals surface area contributed by atoms with Crippen LogP contribution in [-0.2, 0) is 11.3 Å². The molecule has 3 nitrogen and oxygen atoms in total. The van der Waals surface area contributed by atoms with Crippen molar-refractivity contribution in [2.75, 3.05) is 12.0 Å². The summed E-state index contributed by atoms with van der Waals surface area (Å²) in [5.41, 5.74) is 7.13. The van der Waals surface area contributed by atoms with Gasteiger partial charge in [0.15, 0.2) is 0 Å². The molecular formula is C15H21ClN2OS. The zero-order valence-electron chi connectivity index (χ0n) is 11.7. The Morgan fingerprint density at radius 1 is 1.45 bits per heavy atom. The molecule has 1 atom stereocenters. The second-order valence-corrected chi connectivity index (χ2v) is 6.63. The highest BCUT2D eigenvalue weighted by molar-refractivity contribution is 7.98. The molecule has 0 saturated heterocycles. The van der Waals surface area contributed by atoms with Crippen LogP contribution in [-0.4, -0.2) is 34.9 Å². The fourth-order valence-corrected chi connectivity index (χ4v) is 2.76. The molecule has 0 aromatic heterocycles. The predicted octanol–water partition coefficient (Wildman–Crippen LogP) is 2.91. The van der Waals surface area contributed by atoms with Gasteiger partial charge in [0.25, 0.3) is 0 Å². The number of carbonyl (C=O) groups is 1. The van der Waals surface area contributed by atoms with E-state index in [1.165, 1.54) is 0 Å². The first-order valence-corrected chi connectivity index (χ1v) is 8.68. The van der Waals surface area contributed by atoms with Gasteiger partial charge in [0.05, 0.1) is 6.04 Å². The van der Waals surface area contributed by atoms with Crippen molar-refractivity contribution in [1.29, 1.82) is 0 Å². The van der Waals surface area contributed by atoms with Gasteiger partial charge in [-0.05, 0) is 49.0 Å². The van der Waals surface area contributed by atoms with E-state index >= 15 is 0 Å². The zero-order chi connectivity index (χ0) is 14.5. The van der Waals surface area contributed by atoms with E-state index in [-0.39, 0.29) is 11.9 Å². The van der Waals surface area contributed by atoms with Crippen molar-refractivity contribution in [1.82, 2.24) is 4.90 Å². The molecule has 1 aromatic rings. The fraction of sp³-hybridized carbons (Fsp3) is 0.533. The first kappa shape index (κ1) is 15.7. The summed E-state index contributed by atoms with van der Waals surface area (Å²) < 4.78 is 0. The highest BCUT2D eigenvalue weighted by atomic mass is 35.5. The number of thioether (sulfide) groups is 1. The van der Waals surface area contributed by atoms with Gasteiger partial charge in [0.1, 0.15) is 0 Å². The number of amides is 1. The van der Waals surface area contributed by atoms with Crippen LogP contribution in [0.15, 0.2) is 24.3 Å².